The number of rotatable bonds is 7. The topological polar surface area (TPSA) is 63.3 Å². The number of unbranched alkanes of at least 4 members (excludes halogenated alkanes) is 3. The number of hydrogen-bond donors (Lipinski definition) is 2. The fraction of sp³-hybridized carbons (Fsp3) is 0.727. The van der Waals surface area contributed by atoms with E-state index < -0.39 is 5.97 Å². The van der Waals surface area contributed by atoms with Crippen LogP contribution < -0.4 is 5.73 Å². The van der Waals surface area contributed by atoms with Crippen LogP contribution >= 0.6 is 0 Å². The molecule has 0 atom stereocenters. The Hall–Kier alpha value is -0.990. The van der Waals surface area contributed by atoms with Gasteiger partial charge in [-0.25, -0.2) is 4.79 Å². The van der Waals surface area contributed by atoms with Gasteiger partial charge in [0.05, 0.1) is 0 Å². The largest absolute Gasteiger partial charge is 0.477 e. The highest BCUT2D eigenvalue weighted by molar-refractivity contribution is 5.86. The maximum absolute atomic E-state index is 10.6. The minimum atomic E-state index is -0.989. The summed E-state index contributed by atoms with van der Waals surface area (Å²) < 4.78 is 0. The molecule has 14 heavy (non-hydrogen) atoms. The van der Waals surface area contributed by atoms with Gasteiger partial charge in [0.15, 0.2) is 0 Å². The summed E-state index contributed by atoms with van der Waals surface area (Å²) in [6.45, 7) is 4.10. The number of carboxylic acids is 1. The molecular formula is C11H21NO2. The molecule has 0 aliphatic carbocycles. The van der Waals surface area contributed by atoms with Crippen molar-refractivity contribution in [2.75, 3.05) is 0 Å². The summed E-state index contributed by atoms with van der Waals surface area (Å²) >= 11 is 0. The molecular weight excluding hydrogens is 178 g/mol. The monoisotopic (exact) mass is 199 g/mol. The first-order valence-electron chi connectivity index (χ1n) is 5.34. The fourth-order valence-electron chi connectivity index (χ4n) is 1.42. The molecule has 0 saturated heterocycles. The maximum Gasteiger partial charge on any atom is 0.351 e. The van der Waals surface area contributed by atoms with Crippen LogP contribution in [0.15, 0.2) is 11.3 Å². The average Bonchev–Trinajstić information content (AvgIpc) is 2.17. The molecule has 0 aromatic rings. The predicted octanol–water partition coefficient (Wildman–Crippen LogP) is 2.66. The predicted molar refractivity (Wildman–Crippen MR) is 57.9 cm³/mol. The van der Waals surface area contributed by atoms with Gasteiger partial charge in [0, 0.05) is 0 Å². The lowest BCUT2D eigenvalue weighted by molar-refractivity contribution is -0.132. The summed E-state index contributed by atoms with van der Waals surface area (Å²) in [5, 5.41) is 8.70. The lowest BCUT2D eigenvalue weighted by Gasteiger charge is -2.06. The molecule has 3 N–H and O–H groups in total. The van der Waals surface area contributed by atoms with Crippen LogP contribution in [0.1, 0.15) is 52.4 Å². The zero-order valence-electron chi connectivity index (χ0n) is 9.18. The van der Waals surface area contributed by atoms with Gasteiger partial charge < -0.3 is 10.8 Å². The summed E-state index contributed by atoms with van der Waals surface area (Å²) in [5.41, 5.74) is 6.39. The molecule has 3 nitrogen and oxygen atoms in total. The minimum Gasteiger partial charge on any atom is -0.477 e. The molecule has 0 rings (SSSR count). The van der Waals surface area contributed by atoms with Crippen molar-refractivity contribution in [2.24, 2.45) is 5.73 Å². The molecule has 0 radical (unpaired) electrons. The van der Waals surface area contributed by atoms with Crippen LogP contribution in [0.2, 0.25) is 0 Å². The van der Waals surface area contributed by atoms with E-state index in [1.807, 2.05) is 6.92 Å². The maximum atomic E-state index is 10.6. The molecule has 0 saturated carbocycles. The highest BCUT2D eigenvalue weighted by Gasteiger charge is 2.07. The first kappa shape index (κ1) is 13.0. The summed E-state index contributed by atoms with van der Waals surface area (Å²) in [7, 11) is 0. The average molecular weight is 199 g/mol. The highest BCUT2D eigenvalue weighted by Crippen LogP contribution is 2.15. The zero-order valence-corrected chi connectivity index (χ0v) is 9.18. The van der Waals surface area contributed by atoms with Crippen LogP contribution in [0.25, 0.3) is 0 Å². The minimum absolute atomic E-state index is 0.0454. The highest BCUT2D eigenvalue weighted by atomic mass is 16.4. The summed E-state index contributed by atoms with van der Waals surface area (Å²) in [6.07, 6.45) is 6.18. The van der Waals surface area contributed by atoms with Gasteiger partial charge in [-0.2, -0.15) is 0 Å². The number of carbonyl (C=O) groups is 1. The van der Waals surface area contributed by atoms with Gasteiger partial charge in [-0.15, -0.1) is 0 Å². The lowest BCUT2D eigenvalue weighted by atomic mass is 10.0. The van der Waals surface area contributed by atoms with E-state index in [0.29, 0.717) is 0 Å². The quantitative estimate of drug-likeness (QED) is 0.489. The normalized spacial score (nSPS) is 12.4. The molecule has 0 aromatic carbocycles. The first-order valence-corrected chi connectivity index (χ1v) is 5.34. The van der Waals surface area contributed by atoms with E-state index in [-0.39, 0.29) is 5.70 Å². The van der Waals surface area contributed by atoms with Gasteiger partial charge >= 0.3 is 5.97 Å². The van der Waals surface area contributed by atoms with Gasteiger partial charge in [0.25, 0.3) is 0 Å². The molecule has 0 bridgehead atoms. The van der Waals surface area contributed by atoms with Gasteiger partial charge in [0.2, 0.25) is 0 Å². The Labute approximate surface area is 86.0 Å². The van der Waals surface area contributed by atoms with Crippen molar-refractivity contribution >= 4 is 5.97 Å². The van der Waals surface area contributed by atoms with Crippen LogP contribution in [0.3, 0.4) is 0 Å². The van der Waals surface area contributed by atoms with Gasteiger partial charge in [0.1, 0.15) is 5.70 Å². The second kappa shape index (κ2) is 7.42. The van der Waals surface area contributed by atoms with Gasteiger partial charge in [-0.3, -0.25) is 0 Å². The van der Waals surface area contributed by atoms with Crippen molar-refractivity contribution in [1.82, 2.24) is 0 Å². The summed E-state index contributed by atoms with van der Waals surface area (Å²) in [4.78, 5) is 10.6. The van der Waals surface area contributed by atoms with E-state index in [9.17, 15) is 4.79 Å². The SMILES string of the molecule is CCCCCC/C(CC)=C(/N)C(=O)O. The second-order valence-electron chi connectivity index (χ2n) is 3.49. The van der Waals surface area contributed by atoms with Crippen LogP contribution in [-0.2, 0) is 4.79 Å². The van der Waals surface area contributed by atoms with E-state index in [0.717, 1.165) is 31.3 Å². The Balaban J connectivity index is 4.02. The van der Waals surface area contributed by atoms with Crippen molar-refractivity contribution in [3.05, 3.63) is 11.3 Å². The summed E-state index contributed by atoms with van der Waals surface area (Å²) in [6, 6.07) is 0. The van der Waals surface area contributed by atoms with Crippen molar-refractivity contribution in [3.8, 4) is 0 Å². The van der Waals surface area contributed by atoms with E-state index in [2.05, 4.69) is 6.92 Å². The molecule has 0 heterocycles. The van der Waals surface area contributed by atoms with Crippen LogP contribution in [-0.4, -0.2) is 11.1 Å². The van der Waals surface area contributed by atoms with E-state index >= 15 is 0 Å². The number of hydrogen-bond acceptors (Lipinski definition) is 2. The van der Waals surface area contributed by atoms with E-state index in [1.165, 1.54) is 12.8 Å². The van der Waals surface area contributed by atoms with Crippen molar-refractivity contribution in [1.29, 1.82) is 0 Å². The van der Waals surface area contributed by atoms with Crippen molar-refractivity contribution in [3.63, 3.8) is 0 Å². The third-order valence-corrected chi connectivity index (χ3v) is 2.37. The van der Waals surface area contributed by atoms with Gasteiger partial charge in [-0.05, 0) is 24.8 Å². The lowest BCUT2D eigenvalue weighted by Crippen LogP contribution is -2.13. The first-order chi connectivity index (χ1) is 6.63. The number of aliphatic carboxylic acids is 1. The molecule has 0 spiro atoms. The third kappa shape index (κ3) is 4.90. The van der Waals surface area contributed by atoms with E-state index in [4.69, 9.17) is 10.8 Å². The Morgan fingerprint density at radius 3 is 2.29 bits per heavy atom. The summed E-state index contributed by atoms with van der Waals surface area (Å²) in [5.74, 6) is -0.989. The van der Waals surface area contributed by atoms with Crippen LogP contribution in [0.4, 0.5) is 0 Å². The van der Waals surface area contributed by atoms with Crippen molar-refractivity contribution in [2.45, 2.75) is 52.4 Å². The molecule has 0 aliphatic heterocycles. The Morgan fingerprint density at radius 2 is 1.86 bits per heavy atom. The smallest absolute Gasteiger partial charge is 0.351 e. The zero-order chi connectivity index (χ0) is 11.0. The fourth-order valence-corrected chi connectivity index (χ4v) is 1.42. The van der Waals surface area contributed by atoms with Crippen LogP contribution in [0.5, 0.6) is 0 Å². The standard InChI is InChI=1S/C11H21NO2/c1-3-5-6-7-8-9(4-2)10(12)11(13)14/h3-8,12H2,1-2H3,(H,13,14)/b10-9+. The number of carboxylic acid groups (broad SMARTS) is 1. The van der Waals surface area contributed by atoms with Crippen LogP contribution in [0, 0.1) is 0 Å². The van der Waals surface area contributed by atoms with Crippen molar-refractivity contribution < 1.29 is 9.90 Å². The molecule has 82 valence electrons. The second-order valence-corrected chi connectivity index (χ2v) is 3.49. The molecule has 3 heteroatoms. The Morgan fingerprint density at radius 1 is 1.21 bits per heavy atom. The molecule has 0 fully saturated rings. The molecule has 0 amide bonds. The van der Waals surface area contributed by atoms with E-state index in [1.54, 1.807) is 0 Å². The molecule has 0 aliphatic rings. The number of nitrogens with two attached hydrogens (primary N) is 1. The Kier molecular flexibility index (Phi) is 6.89. The number of allylic oxidation sites excluding steroid dienone is 1. The Bertz CT molecular complexity index is 209. The molecule has 0 aromatic heterocycles. The van der Waals surface area contributed by atoms with Gasteiger partial charge in [-0.1, -0.05) is 33.1 Å². The third-order valence-electron chi connectivity index (χ3n) is 2.37. The molecule has 0 unspecified atom stereocenters.